The van der Waals surface area contributed by atoms with Crippen molar-refractivity contribution in [2.45, 2.75) is 13.0 Å². The van der Waals surface area contributed by atoms with Crippen molar-refractivity contribution in [2.24, 2.45) is 0 Å². The number of benzene rings is 2. The van der Waals surface area contributed by atoms with Gasteiger partial charge in [0.05, 0.1) is 9.20 Å². The number of aromatic amines is 1. The predicted molar refractivity (Wildman–Crippen MR) is 112 cm³/mol. The van der Waals surface area contributed by atoms with Gasteiger partial charge in [0.25, 0.3) is 5.56 Å². The fourth-order valence-corrected chi connectivity index (χ4v) is 3.40. The van der Waals surface area contributed by atoms with E-state index in [2.05, 4.69) is 4.98 Å². The normalized spacial score (nSPS) is 13.3. The number of Topliss-reactive ketones (excluding diaryl/α,β-unsaturated/α-hetero) is 1. The molecule has 1 atom stereocenters. The molecule has 0 fully saturated rings. The number of carboxylic acid groups (broad SMARTS) is 1. The Morgan fingerprint density at radius 1 is 1.14 bits per heavy atom. The molecule has 0 saturated carbocycles. The Morgan fingerprint density at radius 3 is 2.41 bits per heavy atom. The van der Waals surface area contributed by atoms with Crippen LogP contribution in [-0.2, 0) is 4.79 Å². The summed E-state index contributed by atoms with van der Waals surface area (Å²) in [5.74, 6) is -0.873. The lowest BCUT2D eigenvalue weighted by molar-refractivity contribution is -0.144. The molecule has 0 aliphatic rings. The summed E-state index contributed by atoms with van der Waals surface area (Å²) in [5, 5.41) is 9.41. The minimum atomic E-state index is -1.05. The van der Waals surface area contributed by atoms with Crippen molar-refractivity contribution in [1.29, 1.82) is 0 Å². The second-order valence-corrected chi connectivity index (χ2v) is 7.63. The number of ketones is 1. The molecule has 1 heterocycles. The molecule has 1 aromatic heterocycles. The Morgan fingerprint density at radius 2 is 1.79 bits per heavy atom. The first-order valence-electron chi connectivity index (χ1n) is 8.54. The lowest BCUT2D eigenvalue weighted by Gasteiger charge is -2.09. The Bertz CT molecular complexity index is 1210. The number of aliphatic carboxylic acids is 1. The Hall–Kier alpha value is -3.16. The molecule has 0 radical (unpaired) electrons. The molecular formula is C21H16ClNO5S. The highest BCUT2D eigenvalue weighted by Gasteiger charge is 2.11. The maximum atomic E-state index is 12.3. The van der Waals surface area contributed by atoms with Crippen molar-refractivity contribution in [3.05, 3.63) is 84.2 Å². The maximum absolute atomic E-state index is 12.3. The molecule has 0 saturated heterocycles. The van der Waals surface area contributed by atoms with Crippen LogP contribution in [0.2, 0.25) is 5.02 Å². The van der Waals surface area contributed by atoms with E-state index in [1.807, 2.05) is 0 Å². The molecule has 0 spiro atoms. The highest BCUT2D eigenvalue weighted by molar-refractivity contribution is 7.07. The zero-order valence-electron chi connectivity index (χ0n) is 15.2. The topological polar surface area (TPSA) is 96.5 Å². The summed E-state index contributed by atoms with van der Waals surface area (Å²) in [5.41, 5.74) is 0.911. The summed E-state index contributed by atoms with van der Waals surface area (Å²) >= 11 is 6.99. The Kier molecular flexibility index (Phi) is 6.31. The van der Waals surface area contributed by atoms with Crippen molar-refractivity contribution in [1.82, 2.24) is 4.98 Å². The standard InChI is InChI=1S/C21H16ClNO5S/c1-12(21(26)27)28-16-8-2-13(3-9-16)10-18-20(25)23-19(29-18)11-17(24)14-4-6-15(22)7-5-14/h2-12H,1H3,(H,23,25)(H,26,27)/b18-10+,19-11-. The van der Waals surface area contributed by atoms with Gasteiger partial charge in [0.15, 0.2) is 11.9 Å². The summed E-state index contributed by atoms with van der Waals surface area (Å²) in [7, 11) is 0. The number of carboxylic acids is 1. The van der Waals surface area contributed by atoms with Gasteiger partial charge in [-0.25, -0.2) is 4.79 Å². The van der Waals surface area contributed by atoms with Crippen LogP contribution in [0.25, 0.3) is 12.2 Å². The summed E-state index contributed by atoms with van der Waals surface area (Å²) in [6, 6.07) is 13.2. The third kappa shape index (κ3) is 5.43. The lowest BCUT2D eigenvalue weighted by Crippen LogP contribution is -2.22. The third-order valence-corrected chi connectivity index (χ3v) is 5.12. The van der Waals surface area contributed by atoms with E-state index in [-0.39, 0.29) is 11.3 Å². The van der Waals surface area contributed by atoms with Crippen LogP contribution in [0.1, 0.15) is 22.8 Å². The van der Waals surface area contributed by atoms with Crippen LogP contribution in [-0.4, -0.2) is 27.9 Å². The largest absolute Gasteiger partial charge is 0.479 e. The molecule has 3 rings (SSSR count). The van der Waals surface area contributed by atoms with Gasteiger partial charge in [-0.2, -0.15) is 0 Å². The summed E-state index contributed by atoms with van der Waals surface area (Å²) < 4.78 is 6.15. The number of halogens is 1. The molecule has 0 aliphatic carbocycles. The average molecular weight is 430 g/mol. The van der Waals surface area contributed by atoms with Crippen LogP contribution in [0.15, 0.2) is 53.3 Å². The number of hydrogen-bond donors (Lipinski definition) is 2. The predicted octanol–water partition coefficient (Wildman–Crippen LogP) is 2.43. The number of rotatable bonds is 6. The molecular weight excluding hydrogens is 414 g/mol. The molecule has 2 N–H and O–H groups in total. The van der Waals surface area contributed by atoms with Crippen LogP contribution < -0.4 is 19.5 Å². The molecule has 2 aromatic carbocycles. The molecule has 0 aliphatic heterocycles. The van der Waals surface area contributed by atoms with Crippen LogP contribution in [0.5, 0.6) is 5.75 Å². The first kappa shape index (κ1) is 20.6. The van der Waals surface area contributed by atoms with Crippen molar-refractivity contribution in [3.8, 4) is 5.75 Å². The van der Waals surface area contributed by atoms with Gasteiger partial charge in [0.2, 0.25) is 0 Å². The molecule has 1 unspecified atom stereocenters. The van der Waals surface area contributed by atoms with Crippen molar-refractivity contribution >= 4 is 46.8 Å². The number of thiazole rings is 1. The molecule has 148 valence electrons. The van der Waals surface area contributed by atoms with E-state index in [0.29, 0.717) is 25.5 Å². The maximum Gasteiger partial charge on any atom is 0.344 e. The number of carbonyl (C=O) groups excluding carboxylic acids is 1. The smallest absolute Gasteiger partial charge is 0.344 e. The molecule has 8 heteroatoms. The van der Waals surface area contributed by atoms with E-state index in [9.17, 15) is 14.4 Å². The summed E-state index contributed by atoms with van der Waals surface area (Å²) in [6.07, 6.45) is 2.09. The Labute approximate surface area is 174 Å². The van der Waals surface area contributed by atoms with Crippen LogP contribution in [0.3, 0.4) is 0 Å². The molecule has 29 heavy (non-hydrogen) atoms. The quantitative estimate of drug-likeness (QED) is 0.587. The fraction of sp³-hybridized carbons (Fsp3) is 0.0952. The highest BCUT2D eigenvalue weighted by Crippen LogP contribution is 2.14. The van der Waals surface area contributed by atoms with Crippen molar-refractivity contribution in [3.63, 3.8) is 0 Å². The minimum Gasteiger partial charge on any atom is -0.479 e. The van der Waals surface area contributed by atoms with Gasteiger partial charge in [-0.05, 0) is 55.0 Å². The van der Waals surface area contributed by atoms with Gasteiger partial charge in [-0.1, -0.05) is 23.7 Å². The molecule has 0 amide bonds. The van der Waals surface area contributed by atoms with E-state index in [0.717, 1.165) is 16.9 Å². The second-order valence-electron chi connectivity index (χ2n) is 6.11. The highest BCUT2D eigenvalue weighted by atomic mass is 35.5. The zero-order chi connectivity index (χ0) is 21.0. The molecule has 0 bridgehead atoms. The van der Waals surface area contributed by atoms with E-state index in [1.165, 1.54) is 13.0 Å². The van der Waals surface area contributed by atoms with Gasteiger partial charge in [-0.15, -0.1) is 11.3 Å². The zero-order valence-corrected chi connectivity index (χ0v) is 16.8. The average Bonchev–Trinajstić information content (AvgIpc) is 3.02. The minimum absolute atomic E-state index is 0.236. The fourth-order valence-electron chi connectivity index (χ4n) is 2.39. The number of nitrogens with one attached hydrogen (secondary N) is 1. The van der Waals surface area contributed by atoms with Gasteiger partial charge >= 0.3 is 5.97 Å². The van der Waals surface area contributed by atoms with Crippen LogP contribution in [0.4, 0.5) is 0 Å². The summed E-state index contributed by atoms with van der Waals surface area (Å²) in [4.78, 5) is 38.0. The summed E-state index contributed by atoms with van der Waals surface area (Å²) in [6.45, 7) is 1.44. The van der Waals surface area contributed by atoms with Crippen LogP contribution >= 0.6 is 22.9 Å². The van der Waals surface area contributed by atoms with Gasteiger partial charge in [0.1, 0.15) is 5.75 Å². The first-order chi connectivity index (χ1) is 13.8. The van der Waals surface area contributed by atoms with E-state index in [4.69, 9.17) is 21.4 Å². The third-order valence-electron chi connectivity index (χ3n) is 3.91. The van der Waals surface area contributed by atoms with Crippen LogP contribution in [0, 0.1) is 0 Å². The van der Waals surface area contributed by atoms with Gasteiger partial charge < -0.3 is 14.8 Å². The molecule has 3 aromatic rings. The number of ether oxygens (including phenoxy) is 1. The van der Waals surface area contributed by atoms with E-state index >= 15 is 0 Å². The van der Waals surface area contributed by atoms with Crippen molar-refractivity contribution in [2.75, 3.05) is 0 Å². The Balaban J connectivity index is 1.83. The van der Waals surface area contributed by atoms with Gasteiger partial charge in [-0.3, -0.25) is 9.59 Å². The SMILES string of the molecule is CC(Oc1ccc(/C=c2/s/c(=C\C(=O)c3ccc(Cl)cc3)[nH]c2=O)cc1)C(=O)O. The first-order valence-corrected chi connectivity index (χ1v) is 9.73. The number of hydrogen-bond acceptors (Lipinski definition) is 5. The van der Waals surface area contributed by atoms with Gasteiger partial charge in [0, 0.05) is 16.7 Å². The van der Waals surface area contributed by atoms with E-state index in [1.54, 1.807) is 54.6 Å². The molecule has 6 nitrogen and oxygen atoms in total. The van der Waals surface area contributed by atoms with Crippen molar-refractivity contribution < 1.29 is 19.4 Å². The number of H-pyrrole nitrogens is 1. The number of carbonyl (C=O) groups is 2. The monoisotopic (exact) mass is 429 g/mol. The number of aromatic nitrogens is 1. The van der Waals surface area contributed by atoms with E-state index < -0.39 is 12.1 Å². The lowest BCUT2D eigenvalue weighted by atomic mass is 10.1. The second kappa shape index (κ2) is 8.89.